The molecule has 1 saturated carbocycles. The van der Waals surface area contributed by atoms with Gasteiger partial charge in [-0.1, -0.05) is 38.2 Å². The number of rotatable bonds is 6. The van der Waals surface area contributed by atoms with Crippen LogP contribution in [0.15, 0.2) is 35.3 Å². The third-order valence-electron chi connectivity index (χ3n) is 4.80. The zero-order valence-electron chi connectivity index (χ0n) is 14.6. The van der Waals surface area contributed by atoms with Gasteiger partial charge in [-0.2, -0.15) is 5.10 Å². The average molecular weight is 378 g/mol. The fourth-order valence-electron chi connectivity index (χ4n) is 3.43. The minimum absolute atomic E-state index is 0.165. The molecule has 3 rings (SSSR count). The topological polar surface area (TPSA) is 81.4 Å². The molecule has 0 amide bonds. The van der Waals surface area contributed by atoms with Crippen LogP contribution in [0.5, 0.6) is 11.5 Å². The lowest BCUT2D eigenvalue weighted by Crippen LogP contribution is -2.33. The number of halogens is 2. The summed E-state index contributed by atoms with van der Waals surface area (Å²) in [6, 6.07) is 3.14. The molecular weight excluding hydrogens is 358 g/mol. The maximum Gasteiger partial charge on any atom is 0.328 e. The second-order valence-electron chi connectivity index (χ2n) is 6.72. The third-order valence-corrected chi connectivity index (χ3v) is 4.80. The van der Waals surface area contributed by atoms with E-state index in [1.54, 1.807) is 0 Å². The van der Waals surface area contributed by atoms with Gasteiger partial charge >= 0.3 is 5.97 Å². The Bertz CT molecular complexity index is 858. The molecule has 27 heavy (non-hydrogen) atoms. The summed E-state index contributed by atoms with van der Waals surface area (Å²) in [4.78, 5) is 24.0. The number of carboxylic acids is 1. The summed E-state index contributed by atoms with van der Waals surface area (Å²) in [6.07, 6.45) is 6.54. The lowest BCUT2D eigenvalue weighted by Gasteiger charge is -2.25. The molecule has 1 atom stereocenters. The van der Waals surface area contributed by atoms with E-state index in [1.165, 1.54) is 6.07 Å². The molecule has 144 valence electrons. The zero-order valence-corrected chi connectivity index (χ0v) is 14.6. The second kappa shape index (κ2) is 8.28. The molecule has 2 aromatic rings. The molecule has 0 radical (unpaired) electrons. The number of aromatic nitrogens is 2. The number of hydrogen-bond acceptors (Lipinski definition) is 4. The Kier molecular flexibility index (Phi) is 5.83. The van der Waals surface area contributed by atoms with Crippen molar-refractivity contribution in [3.8, 4) is 11.5 Å². The molecule has 8 heteroatoms. The van der Waals surface area contributed by atoms with Gasteiger partial charge in [0.1, 0.15) is 0 Å². The number of ether oxygens (including phenoxy) is 1. The van der Waals surface area contributed by atoms with Crippen molar-refractivity contribution < 1.29 is 23.4 Å². The van der Waals surface area contributed by atoms with Crippen molar-refractivity contribution in [2.24, 2.45) is 5.92 Å². The highest BCUT2D eigenvalue weighted by molar-refractivity contribution is 5.71. The first-order valence-corrected chi connectivity index (χ1v) is 8.89. The Morgan fingerprint density at radius 1 is 1.26 bits per heavy atom. The molecule has 0 bridgehead atoms. The van der Waals surface area contributed by atoms with Gasteiger partial charge in [0.05, 0.1) is 6.20 Å². The van der Waals surface area contributed by atoms with E-state index >= 15 is 0 Å². The van der Waals surface area contributed by atoms with Crippen molar-refractivity contribution in [2.75, 3.05) is 0 Å². The van der Waals surface area contributed by atoms with Crippen molar-refractivity contribution in [2.45, 2.75) is 44.6 Å². The summed E-state index contributed by atoms with van der Waals surface area (Å²) in [7, 11) is 0. The van der Waals surface area contributed by atoms with Gasteiger partial charge in [-0.3, -0.25) is 4.79 Å². The van der Waals surface area contributed by atoms with Crippen molar-refractivity contribution in [1.82, 2.24) is 9.78 Å². The van der Waals surface area contributed by atoms with Crippen LogP contribution in [0.3, 0.4) is 0 Å². The van der Waals surface area contributed by atoms with E-state index in [0.29, 0.717) is 6.42 Å². The van der Waals surface area contributed by atoms with E-state index in [9.17, 15) is 23.5 Å². The number of carbonyl (C=O) groups is 1. The predicted octanol–water partition coefficient (Wildman–Crippen LogP) is 3.91. The van der Waals surface area contributed by atoms with Crippen LogP contribution in [0, 0.1) is 17.6 Å². The van der Waals surface area contributed by atoms with Crippen LogP contribution in [0.25, 0.3) is 0 Å². The molecule has 1 aliphatic carbocycles. The first kappa shape index (κ1) is 19.0. The molecule has 1 aromatic carbocycles. The highest BCUT2D eigenvalue weighted by atomic mass is 19.1. The standard InChI is InChI=1S/C19H20F2N2O4/c20-14-7-4-8-15(21)18(14)27-13-10-17(24)23(22-11-13)16(19(25)26)9-12-5-2-1-3-6-12/h4,7-8,10-12,16H,1-3,5-6,9H2,(H,25,26). The number of aliphatic carboxylic acids is 1. The Morgan fingerprint density at radius 3 is 2.52 bits per heavy atom. The number of benzene rings is 1. The quantitative estimate of drug-likeness (QED) is 0.824. The molecule has 0 spiro atoms. The molecule has 1 unspecified atom stereocenters. The third kappa shape index (κ3) is 4.50. The lowest BCUT2D eigenvalue weighted by atomic mass is 9.85. The summed E-state index contributed by atoms with van der Waals surface area (Å²) >= 11 is 0. The first-order chi connectivity index (χ1) is 13.0. The summed E-state index contributed by atoms with van der Waals surface area (Å²) in [5, 5.41) is 13.4. The normalized spacial score (nSPS) is 16.1. The average Bonchev–Trinajstić information content (AvgIpc) is 2.64. The monoisotopic (exact) mass is 378 g/mol. The van der Waals surface area contributed by atoms with E-state index in [0.717, 1.165) is 61.2 Å². The molecule has 1 heterocycles. The first-order valence-electron chi connectivity index (χ1n) is 8.89. The van der Waals surface area contributed by atoms with Crippen molar-refractivity contribution in [3.05, 3.63) is 52.5 Å². The minimum Gasteiger partial charge on any atom is -0.480 e. The summed E-state index contributed by atoms with van der Waals surface area (Å²) in [5.41, 5.74) is -0.701. The molecule has 1 aliphatic rings. The maximum atomic E-state index is 13.7. The van der Waals surface area contributed by atoms with Gasteiger partial charge in [-0.25, -0.2) is 18.3 Å². The predicted molar refractivity (Wildman–Crippen MR) is 92.8 cm³/mol. The van der Waals surface area contributed by atoms with Crippen LogP contribution in [0.4, 0.5) is 8.78 Å². The maximum absolute atomic E-state index is 13.7. The van der Waals surface area contributed by atoms with Gasteiger partial charge in [0.2, 0.25) is 0 Å². The van der Waals surface area contributed by atoms with Gasteiger partial charge in [0, 0.05) is 6.07 Å². The van der Waals surface area contributed by atoms with Crippen LogP contribution in [-0.2, 0) is 4.79 Å². The van der Waals surface area contributed by atoms with Crippen molar-refractivity contribution >= 4 is 5.97 Å². The fourth-order valence-corrected chi connectivity index (χ4v) is 3.43. The van der Waals surface area contributed by atoms with Gasteiger partial charge in [0.25, 0.3) is 5.56 Å². The SMILES string of the molecule is O=C(O)C(CC1CCCCC1)n1ncc(Oc2c(F)cccc2F)cc1=O. The molecule has 1 aromatic heterocycles. The lowest BCUT2D eigenvalue weighted by molar-refractivity contribution is -0.142. The molecule has 0 saturated heterocycles. The van der Waals surface area contributed by atoms with Crippen LogP contribution < -0.4 is 10.3 Å². The van der Waals surface area contributed by atoms with Crippen molar-refractivity contribution in [1.29, 1.82) is 0 Å². The van der Waals surface area contributed by atoms with Crippen LogP contribution in [-0.4, -0.2) is 20.9 Å². The van der Waals surface area contributed by atoms with E-state index in [4.69, 9.17) is 4.74 Å². The van der Waals surface area contributed by atoms with E-state index in [-0.39, 0.29) is 11.7 Å². The van der Waals surface area contributed by atoms with Gasteiger partial charge < -0.3 is 9.84 Å². The highest BCUT2D eigenvalue weighted by Gasteiger charge is 2.27. The summed E-state index contributed by atoms with van der Waals surface area (Å²) in [5.74, 6) is -3.55. The Morgan fingerprint density at radius 2 is 1.93 bits per heavy atom. The smallest absolute Gasteiger partial charge is 0.328 e. The highest BCUT2D eigenvalue weighted by Crippen LogP contribution is 2.31. The van der Waals surface area contributed by atoms with Gasteiger partial charge in [-0.05, 0) is 24.5 Å². The van der Waals surface area contributed by atoms with Gasteiger partial charge in [-0.15, -0.1) is 0 Å². The summed E-state index contributed by atoms with van der Waals surface area (Å²) < 4.78 is 33.3. The fraction of sp³-hybridized carbons (Fsp3) is 0.421. The van der Waals surface area contributed by atoms with Gasteiger partial charge in [0.15, 0.2) is 29.2 Å². The molecule has 6 nitrogen and oxygen atoms in total. The van der Waals surface area contributed by atoms with E-state index < -0.39 is 35.0 Å². The van der Waals surface area contributed by atoms with Crippen LogP contribution in [0.2, 0.25) is 0 Å². The zero-order chi connectivity index (χ0) is 19.4. The minimum atomic E-state index is -1.14. The number of carboxylic acid groups (broad SMARTS) is 1. The molecule has 1 fully saturated rings. The van der Waals surface area contributed by atoms with Crippen LogP contribution in [0.1, 0.15) is 44.6 Å². The Balaban J connectivity index is 1.82. The Hall–Kier alpha value is -2.77. The van der Waals surface area contributed by atoms with E-state index in [2.05, 4.69) is 5.10 Å². The summed E-state index contributed by atoms with van der Waals surface area (Å²) in [6.45, 7) is 0. The number of nitrogens with zero attached hydrogens (tertiary/aromatic N) is 2. The van der Waals surface area contributed by atoms with Crippen LogP contribution >= 0.6 is 0 Å². The molecule has 0 aliphatic heterocycles. The molecular formula is C19H20F2N2O4. The largest absolute Gasteiger partial charge is 0.480 e. The second-order valence-corrected chi connectivity index (χ2v) is 6.72. The number of para-hydroxylation sites is 1. The van der Waals surface area contributed by atoms with E-state index in [1.807, 2.05) is 0 Å². The number of hydrogen-bond donors (Lipinski definition) is 1. The van der Waals surface area contributed by atoms with Crippen molar-refractivity contribution in [3.63, 3.8) is 0 Å². The Labute approximate surface area is 154 Å². The molecule has 1 N–H and O–H groups in total.